The maximum Gasteiger partial charge on any atom is 0.256 e. The van der Waals surface area contributed by atoms with Crippen molar-refractivity contribution >= 4 is 23.2 Å². The van der Waals surface area contributed by atoms with Crippen molar-refractivity contribution in [1.29, 1.82) is 0 Å². The Hall–Kier alpha value is -3.60. The minimum Gasteiger partial charge on any atom is -0.349 e. The number of hydrogen-bond donors (Lipinski definition) is 1. The normalized spacial score (nSPS) is 12.8. The summed E-state index contributed by atoms with van der Waals surface area (Å²) in [7, 11) is 3.77. The van der Waals surface area contributed by atoms with E-state index in [1.54, 1.807) is 11.9 Å². The largest absolute Gasteiger partial charge is 0.349 e. The number of hydrogen-bond acceptors (Lipinski definition) is 3. The van der Waals surface area contributed by atoms with Crippen LogP contribution in [0.4, 0.5) is 11.4 Å². The van der Waals surface area contributed by atoms with Crippen molar-refractivity contribution in [3.05, 3.63) is 95.6 Å². The molecule has 0 aromatic heterocycles. The van der Waals surface area contributed by atoms with E-state index in [9.17, 15) is 9.59 Å². The van der Waals surface area contributed by atoms with E-state index in [1.165, 1.54) is 0 Å². The fourth-order valence-electron chi connectivity index (χ4n) is 3.55. The zero-order chi connectivity index (χ0) is 21.8. The molecule has 0 radical (unpaired) electrons. The topological polar surface area (TPSA) is 52.7 Å². The van der Waals surface area contributed by atoms with Crippen molar-refractivity contribution in [3.63, 3.8) is 0 Å². The average Bonchev–Trinajstić information content (AvgIpc) is 3.63. The van der Waals surface area contributed by atoms with Crippen LogP contribution in [0.15, 0.2) is 78.9 Å². The van der Waals surface area contributed by atoms with Crippen molar-refractivity contribution in [2.75, 3.05) is 19.0 Å². The van der Waals surface area contributed by atoms with E-state index in [4.69, 9.17) is 0 Å². The molecule has 0 aliphatic heterocycles. The van der Waals surface area contributed by atoms with Crippen LogP contribution in [0.1, 0.15) is 39.1 Å². The van der Waals surface area contributed by atoms with Crippen LogP contribution in [0.5, 0.6) is 0 Å². The summed E-state index contributed by atoms with van der Waals surface area (Å²) in [6, 6.07) is 25.4. The molecule has 3 aromatic carbocycles. The Balaban J connectivity index is 1.46. The van der Waals surface area contributed by atoms with E-state index >= 15 is 0 Å². The fourth-order valence-corrected chi connectivity index (χ4v) is 3.55. The molecule has 0 atom stereocenters. The highest BCUT2D eigenvalue weighted by Crippen LogP contribution is 2.28. The van der Waals surface area contributed by atoms with Gasteiger partial charge in [0.25, 0.3) is 11.8 Å². The molecule has 5 nitrogen and oxygen atoms in total. The molecule has 0 heterocycles. The first-order valence-electron chi connectivity index (χ1n) is 10.6. The molecule has 4 rings (SSSR count). The van der Waals surface area contributed by atoms with E-state index in [1.807, 2.05) is 90.8 Å². The number of nitrogens with zero attached hydrogens (tertiary/aromatic N) is 2. The maximum atomic E-state index is 13.2. The van der Waals surface area contributed by atoms with E-state index in [0.29, 0.717) is 23.7 Å². The van der Waals surface area contributed by atoms with Gasteiger partial charge in [-0.1, -0.05) is 42.5 Å². The van der Waals surface area contributed by atoms with Gasteiger partial charge in [0.05, 0.1) is 11.3 Å². The molecule has 2 amide bonds. The molecule has 0 saturated heterocycles. The lowest BCUT2D eigenvalue weighted by atomic mass is 10.1. The molecule has 1 aliphatic rings. The summed E-state index contributed by atoms with van der Waals surface area (Å²) in [6.07, 6.45) is 2.13. The van der Waals surface area contributed by atoms with Gasteiger partial charge in [-0.3, -0.25) is 9.59 Å². The summed E-state index contributed by atoms with van der Waals surface area (Å²) < 4.78 is 0. The molecule has 3 aromatic rings. The minimum atomic E-state index is -0.0473. The first-order valence-corrected chi connectivity index (χ1v) is 10.6. The Morgan fingerprint density at radius 1 is 0.871 bits per heavy atom. The highest BCUT2D eigenvalue weighted by atomic mass is 16.2. The number of carbonyl (C=O) groups is 2. The lowest BCUT2D eigenvalue weighted by Gasteiger charge is -2.25. The van der Waals surface area contributed by atoms with E-state index in [0.717, 1.165) is 29.8 Å². The lowest BCUT2D eigenvalue weighted by molar-refractivity contribution is 0.0785. The van der Waals surface area contributed by atoms with Crippen LogP contribution >= 0.6 is 0 Å². The summed E-state index contributed by atoms with van der Waals surface area (Å²) in [6.45, 7) is 0.465. The van der Waals surface area contributed by atoms with Gasteiger partial charge in [0.15, 0.2) is 0 Å². The number of benzene rings is 3. The van der Waals surface area contributed by atoms with Crippen LogP contribution in [0.3, 0.4) is 0 Å². The zero-order valence-electron chi connectivity index (χ0n) is 17.9. The predicted molar refractivity (Wildman–Crippen MR) is 124 cm³/mol. The third-order valence-corrected chi connectivity index (χ3v) is 5.53. The predicted octanol–water partition coefficient (Wildman–Crippen LogP) is 4.62. The summed E-state index contributed by atoms with van der Waals surface area (Å²) in [4.78, 5) is 29.1. The van der Waals surface area contributed by atoms with Crippen molar-refractivity contribution in [1.82, 2.24) is 10.2 Å². The summed E-state index contributed by atoms with van der Waals surface area (Å²) >= 11 is 0. The third-order valence-electron chi connectivity index (χ3n) is 5.53. The summed E-state index contributed by atoms with van der Waals surface area (Å²) in [5, 5.41) is 2.99. The van der Waals surface area contributed by atoms with Crippen molar-refractivity contribution < 1.29 is 9.59 Å². The molecule has 0 spiro atoms. The van der Waals surface area contributed by atoms with Gasteiger partial charge in [-0.05, 0) is 54.8 Å². The van der Waals surface area contributed by atoms with Crippen LogP contribution in [0.25, 0.3) is 0 Å². The van der Waals surface area contributed by atoms with Gasteiger partial charge >= 0.3 is 0 Å². The second-order valence-electron chi connectivity index (χ2n) is 8.02. The molecule has 0 bridgehead atoms. The average molecular weight is 414 g/mol. The number of rotatable bonds is 7. The molecule has 1 aliphatic carbocycles. The highest BCUT2D eigenvalue weighted by Gasteiger charge is 2.24. The fraction of sp³-hybridized carbons (Fsp3) is 0.231. The Morgan fingerprint density at radius 2 is 1.52 bits per heavy atom. The quantitative estimate of drug-likeness (QED) is 0.615. The Morgan fingerprint density at radius 3 is 2.19 bits per heavy atom. The van der Waals surface area contributed by atoms with Crippen LogP contribution in [0, 0.1) is 0 Å². The van der Waals surface area contributed by atoms with Gasteiger partial charge in [0.1, 0.15) is 0 Å². The van der Waals surface area contributed by atoms with Crippen molar-refractivity contribution in [3.8, 4) is 0 Å². The van der Waals surface area contributed by atoms with E-state index < -0.39 is 0 Å². The number of nitrogens with one attached hydrogen (secondary N) is 1. The number of amides is 2. The molecule has 5 heteroatoms. The molecular weight excluding hydrogens is 386 g/mol. The van der Waals surface area contributed by atoms with E-state index in [-0.39, 0.29) is 11.8 Å². The van der Waals surface area contributed by atoms with Crippen LogP contribution in [-0.2, 0) is 6.54 Å². The van der Waals surface area contributed by atoms with Gasteiger partial charge in [0, 0.05) is 37.9 Å². The first kappa shape index (κ1) is 20.7. The second-order valence-corrected chi connectivity index (χ2v) is 8.02. The summed E-state index contributed by atoms with van der Waals surface area (Å²) in [5.74, 6) is -0.0784. The molecule has 1 saturated carbocycles. The van der Waals surface area contributed by atoms with Gasteiger partial charge < -0.3 is 15.1 Å². The van der Waals surface area contributed by atoms with E-state index in [2.05, 4.69) is 5.32 Å². The monoisotopic (exact) mass is 413 g/mol. The second kappa shape index (κ2) is 9.04. The molecule has 158 valence electrons. The molecule has 0 unspecified atom stereocenters. The maximum absolute atomic E-state index is 13.2. The molecule has 1 fully saturated rings. The van der Waals surface area contributed by atoms with Crippen molar-refractivity contribution in [2.24, 2.45) is 0 Å². The van der Waals surface area contributed by atoms with Gasteiger partial charge in [-0.25, -0.2) is 0 Å². The highest BCUT2D eigenvalue weighted by molar-refractivity contribution is 6.00. The first-order chi connectivity index (χ1) is 15.0. The number of anilines is 2. The number of carbonyl (C=O) groups excluding carboxylic acids is 2. The van der Waals surface area contributed by atoms with Crippen molar-refractivity contribution in [2.45, 2.75) is 25.4 Å². The molecule has 31 heavy (non-hydrogen) atoms. The van der Waals surface area contributed by atoms with Crippen LogP contribution in [-0.4, -0.2) is 36.9 Å². The number of para-hydroxylation sites is 2. The lowest BCUT2D eigenvalue weighted by Crippen LogP contribution is -2.28. The Bertz CT molecular complexity index is 1060. The Labute approximate surface area is 183 Å². The van der Waals surface area contributed by atoms with Crippen LogP contribution < -0.4 is 10.2 Å². The van der Waals surface area contributed by atoms with Gasteiger partial charge in [0.2, 0.25) is 0 Å². The van der Waals surface area contributed by atoms with Gasteiger partial charge in [-0.15, -0.1) is 0 Å². The Kier molecular flexibility index (Phi) is 6.03. The zero-order valence-corrected chi connectivity index (χ0v) is 17.9. The SMILES string of the molecule is CN(Cc1ccc(C(=O)NC2CC2)cc1)C(=O)c1ccccc1N(C)c1ccccc1. The third kappa shape index (κ3) is 4.94. The standard InChI is InChI=1S/C26H27N3O2/c1-28(18-19-12-14-20(15-13-19)25(30)27-21-16-17-21)26(31)23-10-6-7-11-24(23)29(2)22-8-4-3-5-9-22/h3-15,21H,16-18H2,1-2H3,(H,27,30). The molecular formula is C26H27N3O2. The van der Waals surface area contributed by atoms with Crippen LogP contribution in [0.2, 0.25) is 0 Å². The smallest absolute Gasteiger partial charge is 0.256 e. The van der Waals surface area contributed by atoms with Gasteiger partial charge in [-0.2, -0.15) is 0 Å². The summed E-state index contributed by atoms with van der Waals surface area (Å²) in [5.41, 5.74) is 4.16. The molecule has 1 N–H and O–H groups in total. The minimum absolute atomic E-state index is 0.0312.